The summed E-state index contributed by atoms with van der Waals surface area (Å²) in [6, 6.07) is 0.227. The summed E-state index contributed by atoms with van der Waals surface area (Å²) < 4.78 is 25.9. The Hall–Kier alpha value is -0.113. The van der Waals surface area contributed by atoms with Gasteiger partial charge in [-0.2, -0.15) is 8.42 Å². The van der Waals surface area contributed by atoms with Gasteiger partial charge in [0, 0.05) is 12.1 Å². The Morgan fingerprint density at radius 2 is 1.70 bits per heavy atom. The highest BCUT2D eigenvalue weighted by molar-refractivity contribution is 7.84. The van der Waals surface area contributed by atoms with Crippen molar-refractivity contribution < 1.29 is 27.0 Å². The molecule has 23 heavy (non-hydrogen) atoms. The van der Waals surface area contributed by atoms with Crippen molar-refractivity contribution in [1.82, 2.24) is 9.80 Å². The summed E-state index contributed by atoms with van der Waals surface area (Å²) >= 11 is 0. The van der Waals surface area contributed by atoms with Gasteiger partial charge in [0.25, 0.3) is 0 Å². The second kappa shape index (κ2) is 10.7. The van der Waals surface area contributed by atoms with Crippen LogP contribution in [0.1, 0.15) is 26.2 Å². The normalized spacial score (nSPS) is 14.7. The Balaban J connectivity index is 3.77. The molecule has 0 aromatic carbocycles. The molecule has 0 bridgehead atoms. The highest BCUT2D eigenvalue weighted by atomic mass is 32.2. The van der Waals surface area contributed by atoms with Crippen molar-refractivity contribution in [1.29, 1.82) is 0 Å². The number of nitrogens with zero attached hydrogens (tertiary/aromatic N) is 2. The molecule has 0 rings (SSSR count). The summed E-state index contributed by atoms with van der Waals surface area (Å²) in [6.45, 7) is 4.45. The molecule has 5 N–H and O–H groups in total. The van der Waals surface area contributed by atoms with E-state index in [2.05, 4.69) is 14.0 Å². The van der Waals surface area contributed by atoms with Crippen LogP contribution in [-0.2, 0) is 14.5 Å². The molecule has 0 saturated carbocycles. The largest absolute Gasteiger partial charge is 0.492 e. The molecule has 9 nitrogen and oxygen atoms in total. The van der Waals surface area contributed by atoms with Crippen molar-refractivity contribution in [2.75, 3.05) is 40.3 Å². The van der Waals surface area contributed by atoms with Crippen LogP contribution in [0, 0.1) is 0 Å². The van der Waals surface area contributed by atoms with E-state index in [0.29, 0.717) is 19.4 Å². The van der Waals surface area contributed by atoms with Crippen LogP contribution in [0.3, 0.4) is 0 Å². The molecular formula is C12H31N3O6SSi. The minimum Gasteiger partial charge on any atom is -0.390 e. The Labute approximate surface area is 140 Å². The molecule has 0 heterocycles. The number of hydrogen-bond acceptors (Lipinski definition) is 8. The summed E-state index contributed by atoms with van der Waals surface area (Å²) in [5.74, 6) is 0. The SMILES string of the molecule is CC(CCOS(N)(=O)=O)N(C)CCCN(C)CCC[Si](O)(O)O. The number of hydrogen-bond donors (Lipinski definition) is 4. The molecular weight excluding hydrogens is 342 g/mol. The zero-order chi connectivity index (χ0) is 18.1. The van der Waals surface area contributed by atoms with Gasteiger partial charge in [0.15, 0.2) is 0 Å². The highest BCUT2D eigenvalue weighted by Crippen LogP contribution is 2.05. The van der Waals surface area contributed by atoms with Gasteiger partial charge >= 0.3 is 19.1 Å². The van der Waals surface area contributed by atoms with E-state index in [-0.39, 0.29) is 18.7 Å². The lowest BCUT2D eigenvalue weighted by atomic mass is 10.2. The maximum absolute atomic E-state index is 10.7. The lowest BCUT2D eigenvalue weighted by Gasteiger charge is -2.25. The lowest BCUT2D eigenvalue weighted by Crippen LogP contribution is -2.36. The first kappa shape index (κ1) is 22.9. The molecule has 0 radical (unpaired) electrons. The Kier molecular flexibility index (Phi) is 10.6. The maximum atomic E-state index is 10.7. The average Bonchev–Trinajstić information content (AvgIpc) is 2.35. The van der Waals surface area contributed by atoms with E-state index in [1.54, 1.807) is 0 Å². The maximum Gasteiger partial charge on any atom is 0.492 e. The second-order valence-electron chi connectivity index (χ2n) is 5.97. The molecule has 0 aliphatic heterocycles. The van der Waals surface area contributed by atoms with E-state index >= 15 is 0 Å². The predicted octanol–water partition coefficient (Wildman–Crippen LogP) is -1.46. The van der Waals surface area contributed by atoms with E-state index in [1.165, 1.54) is 0 Å². The topological polar surface area (TPSA) is 137 Å². The van der Waals surface area contributed by atoms with Gasteiger partial charge in [0.1, 0.15) is 0 Å². The first-order chi connectivity index (χ1) is 10.4. The third-order valence-electron chi connectivity index (χ3n) is 3.64. The molecule has 140 valence electrons. The zero-order valence-corrected chi connectivity index (χ0v) is 16.0. The third kappa shape index (κ3) is 15.2. The van der Waals surface area contributed by atoms with Crippen molar-refractivity contribution >= 4 is 19.1 Å². The first-order valence-corrected chi connectivity index (χ1v) is 11.2. The standard InChI is InChI=1S/C12H31N3O6SSi/c1-12(6-10-21-22(13,16)17)15(3)9-4-7-14(2)8-5-11-23(18,19)20/h12,18-20H,4-11H2,1-3H3,(H2,13,16,17). The zero-order valence-electron chi connectivity index (χ0n) is 14.2. The van der Waals surface area contributed by atoms with Crippen LogP contribution in [0.15, 0.2) is 0 Å². The van der Waals surface area contributed by atoms with Crippen LogP contribution in [-0.4, -0.2) is 87.8 Å². The predicted molar refractivity (Wildman–Crippen MR) is 89.7 cm³/mol. The van der Waals surface area contributed by atoms with Gasteiger partial charge in [0.05, 0.1) is 6.61 Å². The fraction of sp³-hybridized carbons (Fsp3) is 1.00. The summed E-state index contributed by atoms with van der Waals surface area (Å²) in [6.07, 6.45) is 2.04. The van der Waals surface area contributed by atoms with Crippen LogP contribution in [0.2, 0.25) is 6.04 Å². The molecule has 0 fully saturated rings. The summed E-state index contributed by atoms with van der Waals surface area (Å²) in [5, 5.41) is 4.76. The van der Waals surface area contributed by atoms with Crippen LogP contribution < -0.4 is 5.14 Å². The molecule has 0 spiro atoms. The highest BCUT2D eigenvalue weighted by Gasteiger charge is 2.25. The molecule has 0 aromatic heterocycles. The van der Waals surface area contributed by atoms with Crippen LogP contribution in [0.25, 0.3) is 0 Å². The molecule has 1 atom stereocenters. The van der Waals surface area contributed by atoms with Gasteiger partial charge in [-0.3, -0.25) is 4.18 Å². The van der Waals surface area contributed by atoms with Crippen molar-refractivity contribution in [3.63, 3.8) is 0 Å². The van der Waals surface area contributed by atoms with Crippen molar-refractivity contribution in [2.24, 2.45) is 5.14 Å². The van der Waals surface area contributed by atoms with Gasteiger partial charge in [0.2, 0.25) is 0 Å². The van der Waals surface area contributed by atoms with Crippen LogP contribution in [0.5, 0.6) is 0 Å². The van der Waals surface area contributed by atoms with Gasteiger partial charge in [-0.15, -0.1) is 0 Å². The van der Waals surface area contributed by atoms with E-state index in [9.17, 15) is 8.42 Å². The van der Waals surface area contributed by atoms with Gasteiger partial charge in [-0.25, -0.2) is 5.14 Å². The average molecular weight is 374 g/mol. The van der Waals surface area contributed by atoms with Crippen LogP contribution >= 0.6 is 0 Å². The smallest absolute Gasteiger partial charge is 0.390 e. The van der Waals surface area contributed by atoms with E-state index < -0.39 is 19.1 Å². The monoisotopic (exact) mass is 373 g/mol. The minimum absolute atomic E-state index is 0.0539. The molecule has 11 heteroatoms. The van der Waals surface area contributed by atoms with Crippen molar-refractivity contribution in [2.45, 2.75) is 38.3 Å². The Morgan fingerprint density at radius 3 is 2.22 bits per heavy atom. The molecule has 0 amide bonds. The van der Waals surface area contributed by atoms with E-state index in [1.807, 2.05) is 21.0 Å². The lowest BCUT2D eigenvalue weighted by molar-refractivity contribution is 0.196. The summed E-state index contributed by atoms with van der Waals surface area (Å²) in [4.78, 5) is 31.0. The van der Waals surface area contributed by atoms with Crippen LogP contribution in [0.4, 0.5) is 0 Å². The quantitative estimate of drug-likeness (QED) is 0.288. The minimum atomic E-state index is -3.91. The van der Waals surface area contributed by atoms with Gasteiger partial charge in [-0.05, 0) is 59.9 Å². The molecule has 0 saturated heterocycles. The fourth-order valence-electron chi connectivity index (χ4n) is 2.06. The van der Waals surface area contributed by atoms with Gasteiger partial charge in [-0.1, -0.05) is 0 Å². The summed E-state index contributed by atoms with van der Waals surface area (Å²) in [5.41, 5.74) is 0. The van der Waals surface area contributed by atoms with E-state index in [0.717, 1.165) is 19.5 Å². The van der Waals surface area contributed by atoms with E-state index in [4.69, 9.17) is 19.5 Å². The fourth-order valence-corrected chi connectivity index (χ4v) is 3.02. The Morgan fingerprint density at radius 1 is 1.13 bits per heavy atom. The molecule has 0 aromatic rings. The number of nitrogens with two attached hydrogens (primary N) is 1. The summed E-state index contributed by atoms with van der Waals surface area (Å²) in [7, 11) is -3.88. The molecule has 0 aliphatic rings. The third-order valence-corrected chi connectivity index (χ3v) is 5.16. The first-order valence-electron chi connectivity index (χ1n) is 7.64. The van der Waals surface area contributed by atoms with Gasteiger partial charge < -0.3 is 24.2 Å². The van der Waals surface area contributed by atoms with Crippen molar-refractivity contribution in [3.8, 4) is 0 Å². The molecule has 0 aliphatic carbocycles. The molecule has 1 unspecified atom stereocenters. The second-order valence-corrected chi connectivity index (χ2v) is 9.24. The van der Waals surface area contributed by atoms with Crippen molar-refractivity contribution in [3.05, 3.63) is 0 Å². The number of rotatable bonds is 13. The Bertz CT molecular complexity index is 418.